The monoisotopic (exact) mass is 218 g/mol. The van der Waals surface area contributed by atoms with Crippen molar-refractivity contribution in [3.8, 4) is 0 Å². The molecule has 1 aromatic heterocycles. The minimum Gasteiger partial charge on any atom is -0.383 e. The zero-order valence-electron chi connectivity index (χ0n) is 9.70. The first kappa shape index (κ1) is 11.1. The third kappa shape index (κ3) is 2.23. The van der Waals surface area contributed by atoms with Gasteiger partial charge >= 0.3 is 0 Å². The number of carbonyl (C=O) groups is 1. The highest BCUT2D eigenvalue weighted by Crippen LogP contribution is 2.34. The zero-order valence-corrected chi connectivity index (χ0v) is 9.70. The predicted octanol–water partition coefficient (Wildman–Crippen LogP) is 2.59. The standard InChI is InChI=1S/C13H18N2O/c1-9-6-7-15-13(14)12(9)10-4-2-3-5-11(16)8-10/h6-7,10H,2-5,8H2,1H3,(H2,14,15). The summed E-state index contributed by atoms with van der Waals surface area (Å²) in [7, 11) is 0. The van der Waals surface area contributed by atoms with Gasteiger partial charge in [0, 0.05) is 24.6 Å². The first-order valence-electron chi connectivity index (χ1n) is 5.91. The minimum absolute atomic E-state index is 0.281. The van der Waals surface area contributed by atoms with Crippen LogP contribution in [0.4, 0.5) is 5.82 Å². The number of Topliss-reactive ketones (excluding diaryl/α,β-unsaturated/α-hetero) is 1. The van der Waals surface area contributed by atoms with Crippen molar-refractivity contribution >= 4 is 11.6 Å². The van der Waals surface area contributed by atoms with E-state index in [4.69, 9.17) is 5.73 Å². The van der Waals surface area contributed by atoms with E-state index in [-0.39, 0.29) is 5.92 Å². The molecule has 16 heavy (non-hydrogen) atoms. The lowest BCUT2D eigenvalue weighted by Crippen LogP contribution is -2.09. The highest BCUT2D eigenvalue weighted by atomic mass is 16.1. The molecule has 3 nitrogen and oxygen atoms in total. The molecule has 1 saturated carbocycles. The highest BCUT2D eigenvalue weighted by molar-refractivity contribution is 5.79. The number of aryl methyl sites for hydroxylation is 1. The number of aromatic nitrogens is 1. The van der Waals surface area contributed by atoms with Gasteiger partial charge < -0.3 is 5.73 Å². The molecule has 2 rings (SSSR count). The van der Waals surface area contributed by atoms with Gasteiger partial charge in [0.25, 0.3) is 0 Å². The van der Waals surface area contributed by atoms with Crippen molar-refractivity contribution in [2.75, 3.05) is 5.73 Å². The number of anilines is 1. The molecular formula is C13H18N2O. The molecule has 0 aliphatic heterocycles. The fraction of sp³-hybridized carbons (Fsp3) is 0.538. The van der Waals surface area contributed by atoms with E-state index in [2.05, 4.69) is 4.98 Å². The largest absolute Gasteiger partial charge is 0.383 e. The molecule has 1 aromatic rings. The van der Waals surface area contributed by atoms with Crippen LogP contribution < -0.4 is 5.73 Å². The Kier molecular flexibility index (Phi) is 3.22. The van der Waals surface area contributed by atoms with E-state index in [1.807, 2.05) is 13.0 Å². The summed E-state index contributed by atoms with van der Waals surface area (Å²) in [4.78, 5) is 15.8. The van der Waals surface area contributed by atoms with Crippen molar-refractivity contribution in [2.45, 2.75) is 44.9 Å². The van der Waals surface area contributed by atoms with Gasteiger partial charge in [-0.1, -0.05) is 6.42 Å². The molecule has 1 atom stereocenters. The predicted molar refractivity (Wildman–Crippen MR) is 64.2 cm³/mol. The van der Waals surface area contributed by atoms with Gasteiger partial charge in [0.05, 0.1) is 0 Å². The van der Waals surface area contributed by atoms with Crippen LogP contribution in [0.3, 0.4) is 0 Å². The first-order valence-corrected chi connectivity index (χ1v) is 5.91. The zero-order chi connectivity index (χ0) is 11.5. The Balaban J connectivity index is 2.31. The van der Waals surface area contributed by atoms with Gasteiger partial charge in [-0.15, -0.1) is 0 Å². The average molecular weight is 218 g/mol. The van der Waals surface area contributed by atoms with Crippen LogP contribution in [0.1, 0.15) is 49.1 Å². The summed E-state index contributed by atoms with van der Waals surface area (Å²) in [6.07, 6.45) is 6.29. The molecular weight excluding hydrogens is 200 g/mol. The van der Waals surface area contributed by atoms with E-state index < -0.39 is 0 Å². The number of carbonyl (C=O) groups excluding carboxylic acids is 1. The van der Waals surface area contributed by atoms with Gasteiger partial charge in [0.2, 0.25) is 0 Å². The van der Waals surface area contributed by atoms with Gasteiger partial charge in [-0.3, -0.25) is 4.79 Å². The normalized spacial score (nSPS) is 21.8. The lowest BCUT2D eigenvalue weighted by Gasteiger charge is -2.17. The Bertz CT molecular complexity index is 381. The molecule has 0 saturated heterocycles. The van der Waals surface area contributed by atoms with Crippen LogP contribution in [0.25, 0.3) is 0 Å². The maximum Gasteiger partial charge on any atom is 0.133 e. The second-order valence-corrected chi connectivity index (χ2v) is 4.61. The van der Waals surface area contributed by atoms with Gasteiger partial charge in [0.1, 0.15) is 11.6 Å². The summed E-state index contributed by atoms with van der Waals surface area (Å²) in [5.74, 6) is 1.24. The second kappa shape index (κ2) is 4.64. The molecule has 0 aromatic carbocycles. The quantitative estimate of drug-likeness (QED) is 0.737. The fourth-order valence-corrected chi connectivity index (χ4v) is 2.56. The van der Waals surface area contributed by atoms with Crippen LogP contribution in [0.15, 0.2) is 12.3 Å². The Labute approximate surface area is 96.1 Å². The molecule has 2 N–H and O–H groups in total. The fourth-order valence-electron chi connectivity index (χ4n) is 2.56. The number of pyridine rings is 1. The number of hydrogen-bond acceptors (Lipinski definition) is 3. The topological polar surface area (TPSA) is 56.0 Å². The van der Waals surface area contributed by atoms with E-state index in [1.165, 1.54) is 0 Å². The summed E-state index contributed by atoms with van der Waals surface area (Å²) in [5, 5.41) is 0. The summed E-state index contributed by atoms with van der Waals surface area (Å²) < 4.78 is 0. The lowest BCUT2D eigenvalue weighted by atomic mass is 9.89. The molecule has 1 heterocycles. The molecule has 0 spiro atoms. The molecule has 3 heteroatoms. The van der Waals surface area contributed by atoms with E-state index in [0.717, 1.165) is 36.8 Å². The summed E-state index contributed by atoms with van der Waals surface area (Å²) in [5.41, 5.74) is 8.18. The van der Waals surface area contributed by atoms with Crippen LogP contribution in [0, 0.1) is 6.92 Å². The molecule has 1 fully saturated rings. The van der Waals surface area contributed by atoms with Crippen LogP contribution in [-0.2, 0) is 4.79 Å². The van der Waals surface area contributed by atoms with Crippen molar-refractivity contribution in [1.29, 1.82) is 0 Å². The third-order valence-electron chi connectivity index (χ3n) is 3.38. The molecule has 0 radical (unpaired) electrons. The van der Waals surface area contributed by atoms with Gasteiger partial charge in [-0.05, 0) is 37.3 Å². The Hall–Kier alpha value is -1.38. The van der Waals surface area contributed by atoms with Gasteiger partial charge in [0.15, 0.2) is 0 Å². The van der Waals surface area contributed by atoms with Crippen LogP contribution >= 0.6 is 0 Å². The smallest absolute Gasteiger partial charge is 0.133 e. The molecule has 1 aliphatic carbocycles. The van der Waals surface area contributed by atoms with Crippen molar-refractivity contribution in [1.82, 2.24) is 4.98 Å². The van der Waals surface area contributed by atoms with Gasteiger partial charge in [-0.2, -0.15) is 0 Å². The van der Waals surface area contributed by atoms with E-state index in [1.54, 1.807) is 6.20 Å². The van der Waals surface area contributed by atoms with Crippen molar-refractivity contribution < 1.29 is 4.79 Å². The van der Waals surface area contributed by atoms with E-state index >= 15 is 0 Å². The summed E-state index contributed by atoms with van der Waals surface area (Å²) in [6, 6.07) is 1.97. The SMILES string of the molecule is Cc1ccnc(N)c1C1CCCCC(=O)C1. The Morgan fingerprint density at radius 2 is 2.25 bits per heavy atom. The van der Waals surface area contributed by atoms with Crippen LogP contribution in [-0.4, -0.2) is 10.8 Å². The Morgan fingerprint density at radius 1 is 1.44 bits per heavy atom. The van der Waals surface area contributed by atoms with E-state index in [9.17, 15) is 4.79 Å². The first-order chi connectivity index (χ1) is 7.68. The Morgan fingerprint density at radius 3 is 3.00 bits per heavy atom. The number of ketones is 1. The molecule has 0 bridgehead atoms. The number of nitrogens with zero attached hydrogens (tertiary/aromatic N) is 1. The molecule has 1 aliphatic rings. The minimum atomic E-state index is 0.281. The maximum atomic E-state index is 11.6. The number of hydrogen-bond donors (Lipinski definition) is 1. The van der Waals surface area contributed by atoms with Crippen molar-refractivity contribution in [3.05, 3.63) is 23.4 Å². The van der Waals surface area contributed by atoms with Gasteiger partial charge in [-0.25, -0.2) is 4.98 Å². The molecule has 0 amide bonds. The third-order valence-corrected chi connectivity index (χ3v) is 3.38. The number of nitrogens with two attached hydrogens (primary N) is 1. The molecule has 86 valence electrons. The van der Waals surface area contributed by atoms with Crippen molar-refractivity contribution in [3.63, 3.8) is 0 Å². The second-order valence-electron chi connectivity index (χ2n) is 4.61. The maximum absolute atomic E-state index is 11.6. The van der Waals surface area contributed by atoms with E-state index in [0.29, 0.717) is 18.0 Å². The van der Waals surface area contributed by atoms with Crippen LogP contribution in [0.5, 0.6) is 0 Å². The lowest BCUT2D eigenvalue weighted by molar-refractivity contribution is -0.119. The molecule has 1 unspecified atom stereocenters. The number of nitrogen functional groups attached to an aromatic ring is 1. The highest BCUT2D eigenvalue weighted by Gasteiger charge is 2.22. The van der Waals surface area contributed by atoms with Crippen molar-refractivity contribution in [2.24, 2.45) is 0 Å². The summed E-state index contributed by atoms with van der Waals surface area (Å²) in [6.45, 7) is 2.04. The average Bonchev–Trinajstić information content (AvgIpc) is 2.43. The summed E-state index contributed by atoms with van der Waals surface area (Å²) >= 11 is 0. The number of rotatable bonds is 1. The van der Waals surface area contributed by atoms with Crippen LogP contribution in [0.2, 0.25) is 0 Å².